The van der Waals surface area contributed by atoms with Crippen LogP contribution in [-0.4, -0.2) is 24.1 Å². The number of hydrogen-bond donors (Lipinski definition) is 3. The molecule has 18 heavy (non-hydrogen) atoms. The molecule has 0 radical (unpaired) electrons. The molecule has 1 fully saturated rings. The van der Waals surface area contributed by atoms with Gasteiger partial charge in [-0.25, -0.2) is 0 Å². The van der Waals surface area contributed by atoms with E-state index < -0.39 is 0 Å². The third-order valence-corrected chi connectivity index (χ3v) is 4.04. The van der Waals surface area contributed by atoms with Crippen LogP contribution in [0.4, 0.5) is 0 Å². The second-order valence-corrected chi connectivity index (χ2v) is 5.25. The lowest BCUT2D eigenvalue weighted by molar-refractivity contribution is -0.122. The van der Waals surface area contributed by atoms with Gasteiger partial charge in [0.25, 0.3) is 0 Å². The largest absolute Gasteiger partial charge is 0.508 e. The van der Waals surface area contributed by atoms with Crippen molar-refractivity contribution in [1.82, 2.24) is 5.32 Å². The molecular weight excluding hydrogens is 275 g/mol. The molecule has 6 heteroatoms. The van der Waals surface area contributed by atoms with Gasteiger partial charge in [0.2, 0.25) is 5.91 Å². The standard InChI is InChI=1S/C12H14Cl2N2O2/c13-9-3-7(11(17)4-10(9)14)6-1-2-16-5-8(6)12(15)18/h3-4,6,8,16-17H,1-2,5H2,(H2,15,18)/t6?,8-/m0/s1. The van der Waals surface area contributed by atoms with Crippen molar-refractivity contribution in [3.05, 3.63) is 27.7 Å². The van der Waals surface area contributed by atoms with Crippen LogP contribution in [-0.2, 0) is 4.79 Å². The molecule has 1 aromatic carbocycles. The highest BCUT2D eigenvalue weighted by atomic mass is 35.5. The summed E-state index contributed by atoms with van der Waals surface area (Å²) < 4.78 is 0. The molecule has 0 aliphatic carbocycles. The average Bonchev–Trinajstić information content (AvgIpc) is 2.34. The van der Waals surface area contributed by atoms with Crippen LogP contribution >= 0.6 is 23.2 Å². The van der Waals surface area contributed by atoms with Gasteiger partial charge in [-0.3, -0.25) is 4.79 Å². The van der Waals surface area contributed by atoms with E-state index in [1.54, 1.807) is 6.07 Å². The Hall–Kier alpha value is -0.970. The van der Waals surface area contributed by atoms with Crippen molar-refractivity contribution in [1.29, 1.82) is 0 Å². The fourth-order valence-corrected chi connectivity index (χ4v) is 2.71. The second kappa shape index (κ2) is 5.34. The number of phenols is 1. The summed E-state index contributed by atoms with van der Waals surface area (Å²) >= 11 is 11.8. The van der Waals surface area contributed by atoms with Crippen molar-refractivity contribution in [2.24, 2.45) is 11.7 Å². The molecule has 1 amide bonds. The van der Waals surface area contributed by atoms with E-state index in [0.29, 0.717) is 22.2 Å². The van der Waals surface area contributed by atoms with Crippen LogP contribution in [0.2, 0.25) is 10.0 Å². The van der Waals surface area contributed by atoms with Crippen molar-refractivity contribution in [2.45, 2.75) is 12.3 Å². The average molecular weight is 289 g/mol. The SMILES string of the molecule is NC(=O)[C@H]1CNCCC1c1cc(Cl)c(Cl)cc1O. The highest BCUT2D eigenvalue weighted by Gasteiger charge is 2.32. The number of rotatable bonds is 2. The van der Waals surface area contributed by atoms with Crippen LogP contribution in [0.15, 0.2) is 12.1 Å². The number of nitrogens with two attached hydrogens (primary N) is 1. The van der Waals surface area contributed by atoms with Crippen molar-refractivity contribution < 1.29 is 9.90 Å². The zero-order valence-corrected chi connectivity index (χ0v) is 11.1. The molecule has 4 nitrogen and oxygen atoms in total. The number of benzene rings is 1. The van der Waals surface area contributed by atoms with Crippen LogP contribution < -0.4 is 11.1 Å². The lowest BCUT2D eigenvalue weighted by Crippen LogP contribution is -2.42. The number of carbonyl (C=O) groups is 1. The summed E-state index contributed by atoms with van der Waals surface area (Å²) in [6, 6.07) is 3.02. The number of aromatic hydroxyl groups is 1. The molecule has 0 bridgehead atoms. The van der Waals surface area contributed by atoms with E-state index in [2.05, 4.69) is 5.32 Å². The van der Waals surface area contributed by atoms with Crippen LogP contribution in [0.1, 0.15) is 17.9 Å². The lowest BCUT2D eigenvalue weighted by atomic mass is 9.80. The zero-order valence-electron chi connectivity index (χ0n) is 9.62. The van der Waals surface area contributed by atoms with E-state index in [9.17, 15) is 9.90 Å². The molecule has 1 saturated heterocycles. The minimum absolute atomic E-state index is 0.0579. The highest BCUT2D eigenvalue weighted by Crippen LogP contribution is 2.39. The van der Waals surface area contributed by atoms with Crippen molar-refractivity contribution in [3.63, 3.8) is 0 Å². The molecule has 0 saturated carbocycles. The first-order chi connectivity index (χ1) is 8.50. The van der Waals surface area contributed by atoms with Crippen molar-refractivity contribution >= 4 is 29.1 Å². The van der Waals surface area contributed by atoms with E-state index in [1.165, 1.54) is 6.07 Å². The first-order valence-electron chi connectivity index (χ1n) is 5.68. The topological polar surface area (TPSA) is 75.4 Å². The molecule has 1 unspecified atom stereocenters. The second-order valence-electron chi connectivity index (χ2n) is 4.43. The number of carbonyl (C=O) groups excluding carboxylic acids is 1. The molecule has 0 aromatic heterocycles. The summed E-state index contributed by atoms with van der Waals surface area (Å²) in [6.07, 6.45) is 0.721. The van der Waals surface area contributed by atoms with E-state index in [4.69, 9.17) is 28.9 Å². The Kier molecular flexibility index (Phi) is 4.00. The van der Waals surface area contributed by atoms with Crippen LogP contribution in [0.3, 0.4) is 0 Å². The first kappa shape index (κ1) is 13.5. The van der Waals surface area contributed by atoms with Crippen molar-refractivity contribution in [2.75, 3.05) is 13.1 Å². The third-order valence-electron chi connectivity index (χ3n) is 3.32. The number of nitrogens with one attached hydrogen (secondary N) is 1. The van der Waals surface area contributed by atoms with Gasteiger partial charge in [0.05, 0.1) is 16.0 Å². The molecule has 2 rings (SSSR count). The molecule has 0 spiro atoms. The number of piperidine rings is 1. The summed E-state index contributed by atoms with van der Waals surface area (Å²) in [7, 11) is 0. The minimum atomic E-state index is -0.377. The van der Waals surface area contributed by atoms with Gasteiger partial charge in [0, 0.05) is 18.5 Å². The van der Waals surface area contributed by atoms with Crippen molar-refractivity contribution in [3.8, 4) is 5.75 Å². The van der Waals surface area contributed by atoms with Gasteiger partial charge in [-0.05, 0) is 24.6 Å². The molecule has 1 aliphatic heterocycles. The summed E-state index contributed by atoms with van der Waals surface area (Å²) in [4.78, 5) is 11.4. The predicted octanol–water partition coefficient (Wildman–Crippen LogP) is 1.88. The van der Waals surface area contributed by atoms with E-state index in [1.807, 2.05) is 0 Å². The first-order valence-corrected chi connectivity index (χ1v) is 6.44. The van der Waals surface area contributed by atoms with Crippen LogP contribution in [0.5, 0.6) is 5.75 Å². The number of amides is 1. The quantitative estimate of drug-likeness (QED) is 0.778. The smallest absolute Gasteiger partial charge is 0.222 e. The Morgan fingerprint density at radius 2 is 2.06 bits per heavy atom. The monoisotopic (exact) mass is 288 g/mol. The van der Waals surface area contributed by atoms with Crippen LogP contribution in [0.25, 0.3) is 0 Å². The number of hydrogen-bond acceptors (Lipinski definition) is 3. The molecular formula is C12H14Cl2N2O2. The van der Waals surface area contributed by atoms with Gasteiger partial charge in [0.15, 0.2) is 0 Å². The van der Waals surface area contributed by atoms with Gasteiger partial charge in [-0.1, -0.05) is 23.2 Å². The fraction of sp³-hybridized carbons (Fsp3) is 0.417. The van der Waals surface area contributed by atoms with Gasteiger partial charge in [-0.15, -0.1) is 0 Å². The lowest BCUT2D eigenvalue weighted by Gasteiger charge is -2.30. The van der Waals surface area contributed by atoms with Gasteiger partial charge >= 0.3 is 0 Å². The number of halogens is 2. The Morgan fingerprint density at radius 3 is 2.72 bits per heavy atom. The Labute approximate surface area is 115 Å². The summed E-state index contributed by atoms with van der Waals surface area (Å²) in [5, 5.41) is 13.7. The Balaban J connectivity index is 2.39. The molecule has 1 heterocycles. The number of primary amides is 1. The van der Waals surface area contributed by atoms with E-state index >= 15 is 0 Å². The summed E-state index contributed by atoms with van der Waals surface area (Å²) in [6.45, 7) is 1.29. The van der Waals surface area contributed by atoms with Gasteiger partial charge in [-0.2, -0.15) is 0 Å². The van der Waals surface area contributed by atoms with Gasteiger partial charge in [0.1, 0.15) is 5.75 Å². The maximum absolute atomic E-state index is 11.4. The molecule has 4 N–H and O–H groups in total. The van der Waals surface area contributed by atoms with E-state index in [0.717, 1.165) is 13.0 Å². The summed E-state index contributed by atoms with van der Waals surface area (Å²) in [5.41, 5.74) is 6.03. The maximum Gasteiger partial charge on any atom is 0.222 e. The van der Waals surface area contributed by atoms with Crippen LogP contribution in [0, 0.1) is 5.92 Å². The number of phenolic OH excluding ortho intramolecular Hbond substituents is 1. The normalized spacial score (nSPS) is 23.9. The maximum atomic E-state index is 11.4. The Bertz CT molecular complexity index is 479. The Morgan fingerprint density at radius 1 is 1.39 bits per heavy atom. The van der Waals surface area contributed by atoms with Gasteiger partial charge < -0.3 is 16.2 Å². The molecule has 2 atom stereocenters. The third kappa shape index (κ3) is 2.55. The predicted molar refractivity (Wildman–Crippen MR) is 71.0 cm³/mol. The summed E-state index contributed by atoms with van der Waals surface area (Å²) in [5.74, 6) is -0.791. The zero-order chi connectivity index (χ0) is 13.3. The minimum Gasteiger partial charge on any atom is -0.508 e. The molecule has 1 aromatic rings. The highest BCUT2D eigenvalue weighted by molar-refractivity contribution is 6.42. The van der Waals surface area contributed by atoms with E-state index in [-0.39, 0.29) is 23.5 Å². The molecule has 98 valence electrons. The fourth-order valence-electron chi connectivity index (χ4n) is 2.38. The molecule has 1 aliphatic rings.